The van der Waals surface area contributed by atoms with Crippen LogP contribution in [-0.2, 0) is 0 Å². The number of carbonyl (C=O) groups is 1. The van der Waals surface area contributed by atoms with Crippen LogP contribution < -0.4 is 11.5 Å². The standard InChI is InChI=1S/C6H8N4OS.2ClH/c1-3(11)4-2-12-6(9-4)10-5(7)8;;/h2H,1H3,(H4,7,8,9,10);2*1H. The van der Waals surface area contributed by atoms with E-state index in [4.69, 9.17) is 11.5 Å². The predicted molar refractivity (Wildman–Crippen MR) is 62.1 cm³/mol. The molecule has 4 N–H and O–H groups in total. The number of thiazole rings is 1. The molecule has 0 aliphatic heterocycles. The fraction of sp³-hybridized carbons (Fsp3) is 0.167. The van der Waals surface area contributed by atoms with Crippen molar-refractivity contribution in [1.82, 2.24) is 4.98 Å². The molecule has 0 fully saturated rings. The Morgan fingerprint density at radius 1 is 1.50 bits per heavy atom. The summed E-state index contributed by atoms with van der Waals surface area (Å²) in [7, 11) is 0. The van der Waals surface area contributed by atoms with Crippen LogP contribution in [0.3, 0.4) is 0 Å². The largest absolute Gasteiger partial charge is 0.370 e. The average molecular weight is 257 g/mol. The van der Waals surface area contributed by atoms with E-state index in [1.54, 1.807) is 5.38 Å². The molecule has 14 heavy (non-hydrogen) atoms. The number of nitrogens with two attached hydrogens (primary N) is 2. The number of nitrogens with zero attached hydrogens (tertiary/aromatic N) is 2. The number of rotatable bonds is 2. The lowest BCUT2D eigenvalue weighted by atomic mass is 10.4. The molecule has 80 valence electrons. The van der Waals surface area contributed by atoms with Crippen LogP contribution in [0.5, 0.6) is 0 Å². The van der Waals surface area contributed by atoms with Crippen molar-refractivity contribution in [3.8, 4) is 0 Å². The first-order valence-corrected chi connectivity index (χ1v) is 4.03. The highest BCUT2D eigenvalue weighted by molar-refractivity contribution is 7.13. The van der Waals surface area contributed by atoms with Crippen LogP contribution in [0.1, 0.15) is 17.4 Å². The maximum absolute atomic E-state index is 10.8. The summed E-state index contributed by atoms with van der Waals surface area (Å²) in [6.07, 6.45) is 0. The second-order valence-corrected chi connectivity index (χ2v) is 2.94. The quantitative estimate of drug-likeness (QED) is 0.471. The van der Waals surface area contributed by atoms with Gasteiger partial charge in [0.2, 0.25) is 5.13 Å². The first kappa shape index (κ1) is 15.6. The van der Waals surface area contributed by atoms with Crippen LogP contribution in [0, 0.1) is 0 Å². The number of hydrogen-bond acceptors (Lipinski definition) is 4. The Bertz CT molecular complexity index is 334. The maximum Gasteiger partial charge on any atom is 0.212 e. The van der Waals surface area contributed by atoms with E-state index in [1.807, 2.05) is 0 Å². The summed E-state index contributed by atoms with van der Waals surface area (Å²) in [4.78, 5) is 18.3. The lowest BCUT2D eigenvalue weighted by Crippen LogP contribution is -2.21. The highest BCUT2D eigenvalue weighted by Crippen LogP contribution is 2.18. The molecular formula is C6H10Cl2N4OS. The third-order valence-corrected chi connectivity index (χ3v) is 1.81. The number of ketones is 1. The van der Waals surface area contributed by atoms with Gasteiger partial charge in [-0.05, 0) is 0 Å². The van der Waals surface area contributed by atoms with Gasteiger partial charge in [-0.3, -0.25) is 4.79 Å². The third kappa shape index (κ3) is 4.40. The molecule has 0 saturated carbocycles. The number of halogens is 2. The summed E-state index contributed by atoms with van der Waals surface area (Å²) >= 11 is 1.23. The summed E-state index contributed by atoms with van der Waals surface area (Å²) in [5.41, 5.74) is 10.6. The molecule has 1 aromatic rings. The topological polar surface area (TPSA) is 94.4 Å². The van der Waals surface area contributed by atoms with E-state index in [1.165, 1.54) is 18.3 Å². The predicted octanol–water partition coefficient (Wildman–Crippen LogP) is 1.09. The smallest absolute Gasteiger partial charge is 0.212 e. The Labute approximate surface area is 97.4 Å². The molecule has 0 radical (unpaired) electrons. The molecular weight excluding hydrogens is 247 g/mol. The first-order chi connectivity index (χ1) is 5.59. The molecule has 8 heteroatoms. The lowest BCUT2D eigenvalue weighted by Gasteiger charge is -1.86. The van der Waals surface area contributed by atoms with E-state index in [0.717, 1.165) is 0 Å². The van der Waals surface area contributed by atoms with E-state index < -0.39 is 0 Å². The highest BCUT2D eigenvalue weighted by Gasteiger charge is 2.04. The minimum Gasteiger partial charge on any atom is -0.370 e. The average Bonchev–Trinajstić information content (AvgIpc) is 2.34. The van der Waals surface area contributed by atoms with E-state index in [2.05, 4.69) is 9.98 Å². The van der Waals surface area contributed by atoms with Crippen molar-refractivity contribution in [1.29, 1.82) is 0 Å². The van der Waals surface area contributed by atoms with Gasteiger partial charge in [0, 0.05) is 12.3 Å². The zero-order valence-corrected chi connectivity index (χ0v) is 9.71. The minimum atomic E-state index is -0.0942. The Morgan fingerprint density at radius 3 is 2.43 bits per heavy atom. The van der Waals surface area contributed by atoms with E-state index >= 15 is 0 Å². The fourth-order valence-electron chi connectivity index (χ4n) is 0.588. The van der Waals surface area contributed by atoms with Gasteiger partial charge in [-0.2, -0.15) is 4.99 Å². The third-order valence-electron chi connectivity index (χ3n) is 1.08. The summed E-state index contributed by atoms with van der Waals surface area (Å²) in [5.74, 6) is -0.150. The van der Waals surface area contributed by atoms with Crippen LogP contribution in [0.2, 0.25) is 0 Å². The van der Waals surface area contributed by atoms with Crippen LogP contribution >= 0.6 is 36.2 Å². The van der Waals surface area contributed by atoms with Crippen LogP contribution in [0.15, 0.2) is 10.4 Å². The summed E-state index contributed by atoms with van der Waals surface area (Å²) < 4.78 is 0. The Kier molecular flexibility index (Phi) is 7.34. The summed E-state index contributed by atoms with van der Waals surface area (Å²) in [5, 5.41) is 2.02. The zero-order valence-electron chi connectivity index (χ0n) is 7.26. The number of carbonyl (C=O) groups excluding carboxylic acids is 1. The number of hydrogen-bond donors (Lipinski definition) is 2. The van der Waals surface area contributed by atoms with Crippen molar-refractivity contribution in [3.05, 3.63) is 11.1 Å². The van der Waals surface area contributed by atoms with Crippen molar-refractivity contribution in [3.63, 3.8) is 0 Å². The fourth-order valence-corrected chi connectivity index (χ4v) is 1.33. The highest BCUT2D eigenvalue weighted by atomic mass is 35.5. The molecule has 0 amide bonds. The van der Waals surface area contributed by atoms with Gasteiger partial charge in [-0.1, -0.05) is 0 Å². The van der Waals surface area contributed by atoms with Gasteiger partial charge in [-0.15, -0.1) is 36.2 Å². The van der Waals surface area contributed by atoms with E-state index in [-0.39, 0.29) is 36.6 Å². The number of aromatic nitrogens is 1. The van der Waals surface area contributed by atoms with Crippen molar-refractivity contribution >= 4 is 53.0 Å². The van der Waals surface area contributed by atoms with Crippen molar-refractivity contribution in [2.45, 2.75) is 6.92 Å². The van der Waals surface area contributed by atoms with Crippen molar-refractivity contribution in [2.75, 3.05) is 0 Å². The molecule has 1 heterocycles. The Balaban J connectivity index is 0. The van der Waals surface area contributed by atoms with Gasteiger partial charge in [0.1, 0.15) is 5.69 Å². The molecule has 0 saturated heterocycles. The SMILES string of the molecule is CC(=O)c1csc(N=C(N)N)n1.Cl.Cl. The molecule has 0 atom stereocenters. The summed E-state index contributed by atoms with van der Waals surface area (Å²) in [6.45, 7) is 1.44. The monoisotopic (exact) mass is 256 g/mol. The van der Waals surface area contributed by atoms with Crippen LogP contribution in [0.25, 0.3) is 0 Å². The van der Waals surface area contributed by atoms with Gasteiger partial charge in [0.25, 0.3) is 0 Å². The molecule has 0 bridgehead atoms. The van der Waals surface area contributed by atoms with Crippen molar-refractivity contribution < 1.29 is 4.79 Å². The first-order valence-electron chi connectivity index (χ1n) is 3.15. The lowest BCUT2D eigenvalue weighted by molar-refractivity contribution is 0.101. The van der Waals surface area contributed by atoms with Crippen LogP contribution in [0.4, 0.5) is 5.13 Å². The molecule has 0 spiro atoms. The van der Waals surface area contributed by atoms with E-state index in [0.29, 0.717) is 10.8 Å². The van der Waals surface area contributed by atoms with Gasteiger partial charge >= 0.3 is 0 Å². The molecule has 0 aromatic carbocycles. The van der Waals surface area contributed by atoms with Crippen LogP contribution in [-0.4, -0.2) is 16.7 Å². The normalized spacial score (nSPS) is 8.07. The van der Waals surface area contributed by atoms with Gasteiger partial charge in [-0.25, -0.2) is 4.98 Å². The number of Topliss-reactive ketones (excluding diaryl/α,β-unsaturated/α-hetero) is 1. The molecule has 0 aliphatic rings. The molecule has 0 unspecified atom stereocenters. The molecule has 0 aliphatic carbocycles. The Hall–Kier alpha value is -0.850. The molecule has 1 aromatic heterocycles. The van der Waals surface area contributed by atoms with Gasteiger partial charge < -0.3 is 11.5 Å². The minimum absolute atomic E-state index is 0. The van der Waals surface area contributed by atoms with Crippen molar-refractivity contribution in [2.24, 2.45) is 16.5 Å². The second-order valence-electron chi connectivity index (χ2n) is 2.11. The number of guanidine groups is 1. The molecule has 1 rings (SSSR count). The second kappa shape index (κ2) is 6.58. The summed E-state index contributed by atoms with van der Waals surface area (Å²) in [6, 6.07) is 0. The van der Waals surface area contributed by atoms with Gasteiger partial charge in [0.05, 0.1) is 0 Å². The van der Waals surface area contributed by atoms with Gasteiger partial charge in [0.15, 0.2) is 11.7 Å². The zero-order chi connectivity index (χ0) is 9.14. The van der Waals surface area contributed by atoms with E-state index in [9.17, 15) is 4.79 Å². The maximum atomic E-state index is 10.8. The molecule has 5 nitrogen and oxygen atoms in total. The Morgan fingerprint density at radius 2 is 2.07 bits per heavy atom. The number of aliphatic imine (C=N–C) groups is 1.